The molecule has 0 aliphatic heterocycles. The van der Waals surface area contributed by atoms with E-state index in [2.05, 4.69) is 0 Å². The van der Waals surface area contributed by atoms with Crippen LogP contribution in [0.3, 0.4) is 0 Å². The number of hydrogen-bond donors (Lipinski definition) is 1. The van der Waals surface area contributed by atoms with Gasteiger partial charge in [0.25, 0.3) is 0 Å². The van der Waals surface area contributed by atoms with Crippen LogP contribution < -0.4 is 10.5 Å². The zero-order valence-corrected chi connectivity index (χ0v) is 9.92. The summed E-state index contributed by atoms with van der Waals surface area (Å²) >= 11 is 0. The van der Waals surface area contributed by atoms with Crippen molar-refractivity contribution >= 4 is 10.8 Å². The number of rotatable bonds is 5. The highest BCUT2D eigenvalue weighted by Crippen LogP contribution is 2.19. The van der Waals surface area contributed by atoms with E-state index in [0.717, 1.165) is 5.56 Å². The van der Waals surface area contributed by atoms with E-state index >= 15 is 0 Å². The quantitative estimate of drug-likeness (QED) is 0.822. The Balaban J connectivity index is 2.84. The van der Waals surface area contributed by atoms with Crippen LogP contribution in [0.1, 0.15) is 11.1 Å². The van der Waals surface area contributed by atoms with Gasteiger partial charge in [-0.05, 0) is 17.7 Å². The molecule has 0 saturated carbocycles. The van der Waals surface area contributed by atoms with Crippen LogP contribution >= 0.6 is 0 Å². The van der Waals surface area contributed by atoms with Gasteiger partial charge in [0.15, 0.2) is 0 Å². The lowest BCUT2D eigenvalue weighted by Gasteiger charge is -2.05. The lowest BCUT2D eigenvalue weighted by molar-refractivity contribution is 0.413. The molecule has 2 N–H and O–H groups in total. The maximum absolute atomic E-state index is 11.5. The van der Waals surface area contributed by atoms with E-state index in [0.29, 0.717) is 29.4 Å². The molecule has 86 valence electrons. The number of methoxy groups -OCH3 is 1. The fourth-order valence-corrected chi connectivity index (χ4v) is 2.28. The van der Waals surface area contributed by atoms with Crippen LogP contribution in [-0.4, -0.2) is 23.6 Å². The fourth-order valence-electron chi connectivity index (χ4n) is 1.32. The summed E-state index contributed by atoms with van der Waals surface area (Å²) in [5, 5.41) is 8.89. The smallest absolute Gasteiger partial charge is 0.136 e. The van der Waals surface area contributed by atoms with E-state index in [1.807, 2.05) is 12.1 Å². The Bertz CT molecular complexity index is 426. The summed E-state index contributed by atoms with van der Waals surface area (Å²) in [6.07, 6.45) is 0. The van der Waals surface area contributed by atoms with E-state index in [1.54, 1.807) is 12.1 Å². The summed E-state index contributed by atoms with van der Waals surface area (Å²) in [4.78, 5) is 0. The molecule has 0 amide bonds. The van der Waals surface area contributed by atoms with Crippen molar-refractivity contribution in [3.8, 4) is 11.8 Å². The minimum Gasteiger partial charge on any atom is -0.495 e. The molecule has 1 rings (SSSR count). The molecule has 0 heterocycles. The largest absolute Gasteiger partial charge is 0.495 e. The van der Waals surface area contributed by atoms with Crippen molar-refractivity contribution < 1.29 is 8.95 Å². The van der Waals surface area contributed by atoms with Gasteiger partial charge < -0.3 is 10.5 Å². The molecule has 0 fully saturated rings. The van der Waals surface area contributed by atoms with E-state index < -0.39 is 10.8 Å². The Labute approximate surface area is 97.5 Å². The summed E-state index contributed by atoms with van der Waals surface area (Å²) in [6, 6.07) is 7.27. The van der Waals surface area contributed by atoms with Crippen molar-refractivity contribution in [2.75, 3.05) is 19.4 Å². The molecule has 1 atom stereocenters. The Kier molecular flexibility index (Phi) is 4.96. The van der Waals surface area contributed by atoms with Crippen molar-refractivity contribution in [2.24, 2.45) is 5.73 Å². The van der Waals surface area contributed by atoms with Crippen LogP contribution in [0, 0.1) is 11.3 Å². The zero-order chi connectivity index (χ0) is 12.0. The molecule has 1 unspecified atom stereocenters. The predicted molar refractivity (Wildman–Crippen MR) is 63.5 cm³/mol. The van der Waals surface area contributed by atoms with Crippen LogP contribution in [0.4, 0.5) is 0 Å². The lowest BCUT2D eigenvalue weighted by Crippen LogP contribution is -2.11. The van der Waals surface area contributed by atoms with Crippen LogP contribution in [0.2, 0.25) is 0 Å². The van der Waals surface area contributed by atoms with Crippen molar-refractivity contribution in [1.82, 2.24) is 0 Å². The molecule has 0 radical (unpaired) electrons. The van der Waals surface area contributed by atoms with Gasteiger partial charge >= 0.3 is 0 Å². The first kappa shape index (κ1) is 12.7. The Hall–Kier alpha value is -1.38. The second-order valence-electron chi connectivity index (χ2n) is 3.22. The van der Waals surface area contributed by atoms with Crippen LogP contribution in [0.5, 0.6) is 5.75 Å². The van der Waals surface area contributed by atoms with E-state index in [4.69, 9.17) is 15.7 Å². The van der Waals surface area contributed by atoms with Gasteiger partial charge in [-0.1, -0.05) is 6.07 Å². The van der Waals surface area contributed by atoms with Crippen molar-refractivity contribution in [3.05, 3.63) is 29.3 Å². The molecule has 1 aromatic carbocycles. The van der Waals surface area contributed by atoms with Gasteiger partial charge in [0, 0.05) is 28.9 Å². The van der Waals surface area contributed by atoms with Gasteiger partial charge in [0.05, 0.1) is 12.7 Å². The molecular formula is C11H14N2O2S. The summed E-state index contributed by atoms with van der Waals surface area (Å²) in [6.45, 7) is 0.411. The summed E-state index contributed by atoms with van der Waals surface area (Å²) < 4.78 is 16.5. The molecule has 0 aliphatic rings. The second-order valence-corrected chi connectivity index (χ2v) is 4.80. The average Bonchev–Trinajstić information content (AvgIpc) is 2.29. The highest BCUT2D eigenvalue weighted by Gasteiger charge is 2.06. The third-order valence-corrected chi connectivity index (χ3v) is 3.40. The lowest BCUT2D eigenvalue weighted by atomic mass is 10.1. The third kappa shape index (κ3) is 3.33. The van der Waals surface area contributed by atoms with E-state index in [9.17, 15) is 4.21 Å². The monoisotopic (exact) mass is 238 g/mol. The Morgan fingerprint density at radius 3 is 2.88 bits per heavy atom. The molecule has 0 bridgehead atoms. The Morgan fingerprint density at radius 1 is 1.56 bits per heavy atom. The molecule has 16 heavy (non-hydrogen) atoms. The number of nitrogens with two attached hydrogens (primary N) is 1. The molecule has 0 saturated heterocycles. The SMILES string of the molecule is COc1ccc(CS(=O)CCN)cc1C#N. The van der Waals surface area contributed by atoms with Crippen molar-refractivity contribution in [2.45, 2.75) is 5.75 Å². The Morgan fingerprint density at radius 2 is 2.31 bits per heavy atom. The second kappa shape index (κ2) is 6.26. The van der Waals surface area contributed by atoms with E-state index in [-0.39, 0.29) is 0 Å². The topological polar surface area (TPSA) is 76.1 Å². The number of nitrogens with zero attached hydrogens (tertiary/aromatic N) is 1. The van der Waals surface area contributed by atoms with E-state index in [1.165, 1.54) is 7.11 Å². The molecule has 0 aliphatic carbocycles. The van der Waals surface area contributed by atoms with Gasteiger partial charge in [0.1, 0.15) is 11.8 Å². The molecular weight excluding hydrogens is 224 g/mol. The summed E-state index contributed by atoms with van der Waals surface area (Å²) in [5.74, 6) is 1.44. The maximum Gasteiger partial charge on any atom is 0.136 e. The molecule has 0 aromatic heterocycles. The normalized spacial score (nSPS) is 11.8. The van der Waals surface area contributed by atoms with Crippen molar-refractivity contribution in [3.63, 3.8) is 0 Å². The molecule has 5 heteroatoms. The summed E-state index contributed by atoms with van der Waals surface area (Å²) in [5.41, 5.74) is 6.65. The van der Waals surface area contributed by atoms with Gasteiger partial charge in [0.2, 0.25) is 0 Å². The van der Waals surface area contributed by atoms with Gasteiger partial charge in [-0.25, -0.2) is 0 Å². The van der Waals surface area contributed by atoms with Crippen molar-refractivity contribution in [1.29, 1.82) is 5.26 Å². The fraction of sp³-hybridized carbons (Fsp3) is 0.364. The van der Waals surface area contributed by atoms with Crippen LogP contribution in [0.25, 0.3) is 0 Å². The number of nitriles is 1. The molecule has 4 nitrogen and oxygen atoms in total. The predicted octanol–water partition coefficient (Wildman–Crippen LogP) is 0.774. The average molecular weight is 238 g/mol. The summed E-state index contributed by atoms with van der Waals surface area (Å²) in [7, 11) is 0.551. The van der Waals surface area contributed by atoms with Gasteiger partial charge in [-0.2, -0.15) is 5.26 Å². The number of hydrogen-bond acceptors (Lipinski definition) is 4. The highest BCUT2D eigenvalue weighted by atomic mass is 32.2. The maximum atomic E-state index is 11.5. The van der Waals surface area contributed by atoms with Crippen LogP contribution in [-0.2, 0) is 16.6 Å². The zero-order valence-electron chi connectivity index (χ0n) is 9.10. The standard InChI is InChI=1S/C11H14N2O2S/c1-15-11-3-2-9(6-10(11)7-13)8-16(14)5-4-12/h2-3,6H,4-5,8,12H2,1H3. The van der Waals surface area contributed by atoms with Crippen LogP contribution in [0.15, 0.2) is 18.2 Å². The first-order valence-corrected chi connectivity index (χ1v) is 6.32. The number of ether oxygens (including phenoxy) is 1. The minimum absolute atomic E-state index is 0.411. The first-order valence-electron chi connectivity index (χ1n) is 4.83. The molecule has 1 aromatic rings. The number of benzene rings is 1. The molecule has 0 spiro atoms. The first-order chi connectivity index (χ1) is 7.71. The minimum atomic E-state index is -0.965. The highest BCUT2D eigenvalue weighted by molar-refractivity contribution is 7.84. The van der Waals surface area contributed by atoms with Gasteiger partial charge in [-0.15, -0.1) is 0 Å². The third-order valence-electron chi connectivity index (χ3n) is 2.06. The van der Waals surface area contributed by atoms with Gasteiger partial charge in [-0.3, -0.25) is 4.21 Å².